The molecular formula is C12H28P2Rh. The van der Waals surface area contributed by atoms with Crippen LogP contribution in [0.1, 0.15) is 48.5 Å². The largest absolute Gasteiger partial charge is 0.0971 e. The molecule has 0 aromatic carbocycles. The average Bonchev–Trinajstić information content (AvgIpc) is 1.97. The van der Waals surface area contributed by atoms with Gasteiger partial charge in [0.05, 0.1) is 0 Å². The van der Waals surface area contributed by atoms with Gasteiger partial charge in [0.25, 0.3) is 0 Å². The van der Waals surface area contributed by atoms with E-state index >= 15 is 0 Å². The molecule has 0 saturated heterocycles. The van der Waals surface area contributed by atoms with Crippen LogP contribution in [-0.2, 0) is 19.5 Å². The van der Waals surface area contributed by atoms with Gasteiger partial charge < -0.3 is 0 Å². The van der Waals surface area contributed by atoms with E-state index in [1.54, 1.807) is 0 Å². The summed E-state index contributed by atoms with van der Waals surface area (Å²) in [5.41, 5.74) is 0. The van der Waals surface area contributed by atoms with Crippen LogP contribution in [-0.4, -0.2) is 29.0 Å². The van der Waals surface area contributed by atoms with Crippen LogP contribution in [0.15, 0.2) is 0 Å². The molecule has 0 aliphatic rings. The van der Waals surface area contributed by atoms with E-state index in [9.17, 15) is 0 Å². The molecule has 3 heteroatoms. The van der Waals surface area contributed by atoms with Gasteiger partial charge in [0, 0.05) is 19.5 Å². The third kappa shape index (κ3) is 6.10. The Labute approximate surface area is 113 Å². The smallest absolute Gasteiger partial charge is 0 e. The maximum absolute atomic E-state index is 2.48. The van der Waals surface area contributed by atoms with Crippen molar-refractivity contribution >= 4 is 15.8 Å². The Hall–Kier alpha value is 1.48. The summed E-state index contributed by atoms with van der Waals surface area (Å²) in [6, 6.07) is 0. The molecule has 0 heterocycles. The third-order valence-electron chi connectivity index (χ3n) is 3.24. The van der Waals surface area contributed by atoms with Gasteiger partial charge in [-0.25, -0.2) is 0 Å². The van der Waals surface area contributed by atoms with Crippen molar-refractivity contribution in [1.82, 2.24) is 0 Å². The van der Waals surface area contributed by atoms with Gasteiger partial charge >= 0.3 is 0 Å². The zero-order chi connectivity index (χ0) is 11.7. The Kier molecular flexibility index (Phi) is 8.07. The molecule has 1 radical (unpaired) electrons. The van der Waals surface area contributed by atoms with Crippen LogP contribution in [0, 0.1) is 0 Å². The van der Waals surface area contributed by atoms with E-state index in [1.807, 2.05) is 0 Å². The van der Waals surface area contributed by atoms with E-state index in [0.29, 0.717) is 10.3 Å². The van der Waals surface area contributed by atoms with Crippen molar-refractivity contribution in [1.29, 1.82) is 0 Å². The van der Waals surface area contributed by atoms with Crippen molar-refractivity contribution < 1.29 is 19.5 Å². The second kappa shape index (κ2) is 6.43. The fraction of sp³-hybridized carbons (Fsp3) is 1.00. The van der Waals surface area contributed by atoms with Gasteiger partial charge in [0.2, 0.25) is 0 Å². The SMILES string of the molecule is CC(P(C)C(C)(C)C)P(C)C(C)(C)C.[Rh]. The average molecular weight is 337 g/mol. The first kappa shape index (κ1) is 18.8. The first-order valence-corrected chi connectivity index (χ1v) is 9.15. The Morgan fingerprint density at radius 3 is 1.07 bits per heavy atom. The van der Waals surface area contributed by atoms with Gasteiger partial charge in [-0.2, -0.15) is 0 Å². The molecule has 0 aromatic heterocycles. The summed E-state index contributed by atoms with van der Waals surface area (Å²) in [7, 11) is 0.285. The number of hydrogen-bond donors (Lipinski definition) is 0. The van der Waals surface area contributed by atoms with Crippen molar-refractivity contribution in [2.24, 2.45) is 0 Å². The molecule has 0 aromatic rings. The van der Waals surface area contributed by atoms with Gasteiger partial charge in [0.15, 0.2) is 0 Å². The summed E-state index contributed by atoms with van der Waals surface area (Å²) in [5, 5.41) is 1.94. The molecule has 2 unspecified atom stereocenters. The molecule has 0 fully saturated rings. The third-order valence-corrected chi connectivity index (χ3v) is 11.8. The predicted octanol–water partition coefficient (Wildman–Crippen LogP) is 5.15. The molecule has 0 spiro atoms. The Morgan fingerprint density at radius 1 is 0.733 bits per heavy atom. The Balaban J connectivity index is 0. The maximum atomic E-state index is 2.48. The van der Waals surface area contributed by atoms with E-state index in [-0.39, 0.29) is 35.3 Å². The van der Waals surface area contributed by atoms with Crippen LogP contribution in [0.3, 0.4) is 0 Å². The molecule has 95 valence electrons. The first-order valence-electron chi connectivity index (χ1n) is 5.44. The quantitative estimate of drug-likeness (QED) is 0.483. The monoisotopic (exact) mass is 337 g/mol. The van der Waals surface area contributed by atoms with Gasteiger partial charge in [-0.05, 0) is 29.0 Å². The van der Waals surface area contributed by atoms with E-state index in [0.717, 1.165) is 5.40 Å². The van der Waals surface area contributed by atoms with Crippen molar-refractivity contribution in [3.8, 4) is 0 Å². The van der Waals surface area contributed by atoms with Crippen LogP contribution in [0.2, 0.25) is 0 Å². The zero-order valence-electron chi connectivity index (χ0n) is 11.8. The first-order chi connectivity index (χ1) is 5.98. The number of rotatable bonds is 2. The molecule has 0 rings (SSSR count). The standard InChI is InChI=1S/C12H28P2.Rh/c1-10(13(8)11(2,3)4)14(9)12(5,6)7;/h10H,1-9H3;. The van der Waals surface area contributed by atoms with Crippen LogP contribution in [0.5, 0.6) is 0 Å². The second-order valence-corrected chi connectivity index (χ2v) is 13.3. The van der Waals surface area contributed by atoms with Crippen molar-refractivity contribution in [3.05, 3.63) is 0 Å². The molecule has 0 bridgehead atoms. The van der Waals surface area contributed by atoms with Crippen LogP contribution in [0.25, 0.3) is 0 Å². The van der Waals surface area contributed by atoms with Crippen LogP contribution >= 0.6 is 15.8 Å². The summed E-state index contributed by atoms with van der Waals surface area (Å²) in [6.07, 6.45) is 0. The minimum Gasteiger partial charge on any atom is -0.0971 e. The molecule has 0 saturated carbocycles. The predicted molar refractivity (Wildman–Crippen MR) is 74.7 cm³/mol. The van der Waals surface area contributed by atoms with Crippen molar-refractivity contribution in [2.75, 3.05) is 13.3 Å². The molecule has 15 heavy (non-hydrogen) atoms. The fourth-order valence-electron chi connectivity index (χ4n) is 1.38. The summed E-state index contributed by atoms with van der Waals surface area (Å²) >= 11 is 0. The Bertz CT molecular complexity index is 159. The molecule has 0 N–H and O–H groups in total. The molecule has 2 atom stereocenters. The van der Waals surface area contributed by atoms with Crippen LogP contribution < -0.4 is 0 Å². The van der Waals surface area contributed by atoms with Gasteiger partial charge in [-0.1, -0.05) is 64.3 Å². The minimum absolute atomic E-state index is 0. The van der Waals surface area contributed by atoms with Crippen molar-refractivity contribution in [3.63, 3.8) is 0 Å². The van der Waals surface area contributed by atoms with Gasteiger partial charge in [-0.3, -0.25) is 0 Å². The minimum atomic E-state index is 0. The maximum Gasteiger partial charge on any atom is 0 e. The summed E-state index contributed by atoms with van der Waals surface area (Å²) in [4.78, 5) is 0. The topological polar surface area (TPSA) is 0 Å². The summed E-state index contributed by atoms with van der Waals surface area (Å²) in [5.74, 6) is 0. The molecular weight excluding hydrogens is 309 g/mol. The molecule has 0 amide bonds. The van der Waals surface area contributed by atoms with Crippen LogP contribution in [0.4, 0.5) is 0 Å². The molecule has 0 aliphatic carbocycles. The molecule has 0 aliphatic heterocycles. The normalized spacial score (nSPS) is 19.0. The second-order valence-electron chi connectivity index (χ2n) is 6.20. The van der Waals surface area contributed by atoms with E-state index < -0.39 is 0 Å². The Morgan fingerprint density at radius 2 is 0.933 bits per heavy atom. The van der Waals surface area contributed by atoms with E-state index in [2.05, 4.69) is 61.8 Å². The fourth-order valence-corrected chi connectivity index (χ4v) is 7.78. The zero-order valence-corrected chi connectivity index (χ0v) is 15.2. The van der Waals surface area contributed by atoms with Crippen molar-refractivity contribution in [2.45, 2.75) is 64.2 Å². The number of hydrogen-bond acceptors (Lipinski definition) is 0. The summed E-state index contributed by atoms with van der Waals surface area (Å²) < 4.78 is 0. The van der Waals surface area contributed by atoms with E-state index in [1.165, 1.54) is 0 Å². The summed E-state index contributed by atoms with van der Waals surface area (Å²) in [6.45, 7) is 21.8. The van der Waals surface area contributed by atoms with Gasteiger partial charge in [-0.15, -0.1) is 0 Å². The van der Waals surface area contributed by atoms with Gasteiger partial charge in [0.1, 0.15) is 0 Å². The van der Waals surface area contributed by atoms with E-state index in [4.69, 9.17) is 0 Å². The molecule has 0 nitrogen and oxygen atoms in total.